The Bertz CT molecular complexity index is 885. The highest BCUT2D eigenvalue weighted by molar-refractivity contribution is 6.56. The molecule has 0 radical (unpaired) electrons. The van der Waals surface area contributed by atoms with Crippen molar-refractivity contribution in [2.45, 2.75) is 45.5 Å². The van der Waals surface area contributed by atoms with Crippen LogP contribution >= 0.6 is 11.6 Å². The first-order valence-electron chi connectivity index (χ1n) is 9.78. The normalized spacial score (nSPS) is 17.6. The quantitative estimate of drug-likeness (QED) is 0.534. The number of halogens is 1. The van der Waals surface area contributed by atoms with E-state index in [2.05, 4.69) is 10.3 Å². The van der Waals surface area contributed by atoms with Crippen LogP contribution in [0, 0.1) is 0 Å². The van der Waals surface area contributed by atoms with Gasteiger partial charge in [0.05, 0.1) is 11.2 Å². The Kier molecular flexibility index (Phi) is 6.86. The molecule has 1 aliphatic rings. The third-order valence-corrected chi connectivity index (χ3v) is 5.53. The fraction of sp³-hybridized carbons (Fsp3) is 0.364. The highest BCUT2D eigenvalue weighted by Gasteiger charge is 2.52. The number of carbonyl (C=O) groups excluding carboxylic acids is 1. The van der Waals surface area contributed by atoms with Crippen LogP contribution in [0.25, 0.3) is 6.08 Å². The summed E-state index contributed by atoms with van der Waals surface area (Å²) in [6.07, 6.45) is 3.01. The zero-order valence-corrected chi connectivity index (χ0v) is 18.4. The van der Waals surface area contributed by atoms with Crippen molar-refractivity contribution in [3.8, 4) is 0 Å². The van der Waals surface area contributed by atoms with Crippen molar-refractivity contribution in [3.05, 3.63) is 70.4 Å². The van der Waals surface area contributed by atoms with Crippen LogP contribution in [0.1, 0.15) is 38.8 Å². The summed E-state index contributed by atoms with van der Waals surface area (Å²) in [4.78, 5) is 16.3. The average Bonchev–Trinajstić information content (AvgIpc) is 2.93. The molecule has 1 fully saturated rings. The van der Waals surface area contributed by atoms with E-state index in [0.29, 0.717) is 5.15 Å². The number of ether oxygens (including phenoxy) is 1. The molecular formula is C22H26BClN2O4. The Morgan fingerprint density at radius 1 is 1.13 bits per heavy atom. The average molecular weight is 429 g/mol. The molecule has 0 atom stereocenters. The predicted molar refractivity (Wildman–Crippen MR) is 118 cm³/mol. The van der Waals surface area contributed by atoms with Crippen LogP contribution in [0.5, 0.6) is 0 Å². The molecule has 0 aliphatic carbocycles. The second-order valence-electron chi connectivity index (χ2n) is 8.14. The zero-order valence-electron chi connectivity index (χ0n) is 17.6. The maximum Gasteiger partial charge on any atom is 0.492 e. The van der Waals surface area contributed by atoms with Gasteiger partial charge in [-0.2, -0.15) is 0 Å². The van der Waals surface area contributed by atoms with Crippen molar-refractivity contribution >= 4 is 30.9 Å². The number of rotatable bonds is 6. The number of alkyl carbamates (subject to hydrolysis) is 1. The first kappa shape index (κ1) is 22.3. The number of carbonyl (C=O) groups is 1. The molecule has 158 valence electrons. The first-order chi connectivity index (χ1) is 14.2. The van der Waals surface area contributed by atoms with Gasteiger partial charge in [0.25, 0.3) is 0 Å². The molecule has 3 rings (SSSR count). The van der Waals surface area contributed by atoms with Gasteiger partial charge in [-0.15, -0.1) is 0 Å². The van der Waals surface area contributed by atoms with Crippen molar-refractivity contribution < 1.29 is 18.8 Å². The highest BCUT2D eigenvalue weighted by Crippen LogP contribution is 2.38. The lowest BCUT2D eigenvalue weighted by Gasteiger charge is -2.32. The van der Waals surface area contributed by atoms with E-state index in [-0.39, 0.29) is 13.2 Å². The topological polar surface area (TPSA) is 69.7 Å². The molecule has 30 heavy (non-hydrogen) atoms. The Balaban J connectivity index is 1.70. The molecule has 6 nitrogen and oxygen atoms in total. The van der Waals surface area contributed by atoms with Gasteiger partial charge in [-0.3, -0.25) is 0 Å². The van der Waals surface area contributed by atoms with Crippen molar-refractivity contribution in [2.24, 2.45) is 0 Å². The van der Waals surface area contributed by atoms with E-state index in [1.165, 1.54) is 0 Å². The summed E-state index contributed by atoms with van der Waals surface area (Å²) in [6, 6.07) is 13.1. The minimum absolute atomic E-state index is 0.198. The van der Waals surface area contributed by atoms with Gasteiger partial charge in [-0.05, 0) is 50.4 Å². The second-order valence-corrected chi connectivity index (χ2v) is 8.52. The molecule has 0 bridgehead atoms. The molecule has 1 aromatic carbocycles. The Morgan fingerprint density at radius 2 is 1.80 bits per heavy atom. The molecule has 1 saturated heterocycles. The maximum atomic E-state index is 12.2. The molecule has 0 spiro atoms. The lowest BCUT2D eigenvalue weighted by Crippen LogP contribution is -2.41. The van der Waals surface area contributed by atoms with E-state index >= 15 is 0 Å². The van der Waals surface area contributed by atoms with Crippen molar-refractivity contribution in [1.29, 1.82) is 0 Å². The summed E-state index contributed by atoms with van der Waals surface area (Å²) in [5.41, 5.74) is 1.49. The largest absolute Gasteiger partial charge is 0.492 e. The standard InChI is InChI=1S/C22H26BClN2O4/c1-21(2)22(3,4)30-23(29-21)18(12-17-10-11-19(24)25-13-17)14-26-20(27)28-15-16-8-6-5-7-9-16/h5-13H,14-15H2,1-4H3,(H,26,27). The Labute approximate surface area is 182 Å². The summed E-state index contributed by atoms with van der Waals surface area (Å²) in [5, 5.41) is 3.19. The number of nitrogens with one attached hydrogen (secondary N) is 1. The number of benzene rings is 1. The van der Waals surface area contributed by atoms with E-state index < -0.39 is 24.4 Å². The van der Waals surface area contributed by atoms with Crippen molar-refractivity contribution in [1.82, 2.24) is 10.3 Å². The van der Waals surface area contributed by atoms with Gasteiger partial charge < -0.3 is 19.4 Å². The smallest absolute Gasteiger partial charge is 0.445 e. The molecule has 1 amide bonds. The van der Waals surface area contributed by atoms with E-state index in [1.807, 2.05) is 70.2 Å². The van der Waals surface area contributed by atoms with Gasteiger partial charge >= 0.3 is 13.2 Å². The number of hydrogen-bond donors (Lipinski definition) is 1. The minimum atomic E-state index is -0.611. The lowest BCUT2D eigenvalue weighted by atomic mass is 9.77. The van der Waals surface area contributed by atoms with Gasteiger partial charge in [-0.25, -0.2) is 9.78 Å². The van der Waals surface area contributed by atoms with Gasteiger partial charge in [0, 0.05) is 12.7 Å². The van der Waals surface area contributed by atoms with Crippen LogP contribution in [-0.4, -0.2) is 35.9 Å². The third kappa shape index (κ3) is 5.62. The highest BCUT2D eigenvalue weighted by atomic mass is 35.5. The fourth-order valence-electron chi connectivity index (χ4n) is 2.83. The van der Waals surface area contributed by atoms with Crippen LogP contribution in [0.2, 0.25) is 5.15 Å². The van der Waals surface area contributed by atoms with Crippen molar-refractivity contribution in [3.63, 3.8) is 0 Å². The number of aromatic nitrogens is 1. The summed E-state index contributed by atoms with van der Waals surface area (Å²) >= 11 is 5.88. The molecular weight excluding hydrogens is 403 g/mol. The molecule has 1 aliphatic heterocycles. The fourth-order valence-corrected chi connectivity index (χ4v) is 2.94. The van der Waals surface area contributed by atoms with Crippen LogP contribution in [0.3, 0.4) is 0 Å². The van der Waals surface area contributed by atoms with Crippen molar-refractivity contribution in [2.75, 3.05) is 6.54 Å². The van der Waals surface area contributed by atoms with Crippen LogP contribution in [0.4, 0.5) is 4.79 Å². The molecule has 2 heterocycles. The summed E-state index contributed by atoms with van der Waals surface area (Å²) < 4.78 is 17.6. The predicted octanol–water partition coefficient (Wildman–Crippen LogP) is 4.68. The molecule has 0 unspecified atom stereocenters. The number of nitrogens with zero attached hydrogens (tertiary/aromatic N) is 1. The SMILES string of the molecule is CC1(C)OB(C(=Cc2ccc(Cl)nc2)CNC(=O)OCc2ccccc2)OC1(C)C. The molecule has 1 aromatic heterocycles. The van der Waals surface area contributed by atoms with Gasteiger partial charge in [0.2, 0.25) is 0 Å². The molecule has 0 saturated carbocycles. The number of hydrogen-bond acceptors (Lipinski definition) is 5. The van der Waals surface area contributed by atoms with Crippen LogP contribution in [-0.2, 0) is 20.7 Å². The Hall–Kier alpha value is -2.35. The summed E-state index contributed by atoms with van der Waals surface area (Å²) in [7, 11) is -0.611. The molecule has 2 aromatic rings. The number of pyridine rings is 1. The van der Waals surface area contributed by atoms with Gasteiger partial charge in [0.15, 0.2) is 0 Å². The zero-order chi connectivity index (χ0) is 21.8. The first-order valence-corrected chi connectivity index (χ1v) is 10.2. The van der Waals surface area contributed by atoms with Gasteiger partial charge in [-0.1, -0.05) is 54.1 Å². The van der Waals surface area contributed by atoms with E-state index in [1.54, 1.807) is 12.3 Å². The minimum Gasteiger partial charge on any atom is -0.445 e. The summed E-state index contributed by atoms with van der Waals surface area (Å²) in [6.45, 7) is 8.33. The van der Waals surface area contributed by atoms with Crippen LogP contribution < -0.4 is 5.32 Å². The lowest BCUT2D eigenvalue weighted by molar-refractivity contribution is 0.00578. The van der Waals surface area contributed by atoms with Gasteiger partial charge in [0.1, 0.15) is 11.8 Å². The van der Waals surface area contributed by atoms with E-state index in [4.69, 9.17) is 25.6 Å². The van der Waals surface area contributed by atoms with E-state index in [0.717, 1.165) is 16.6 Å². The maximum absolute atomic E-state index is 12.2. The Morgan fingerprint density at radius 3 is 2.40 bits per heavy atom. The third-order valence-electron chi connectivity index (χ3n) is 5.31. The monoisotopic (exact) mass is 428 g/mol. The summed E-state index contributed by atoms with van der Waals surface area (Å²) in [5.74, 6) is 0. The van der Waals surface area contributed by atoms with Crippen LogP contribution in [0.15, 0.2) is 54.1 Å². The molecule has 1 N–H and O–H groups in total. The second kappa shape index (κ2) is 9.21. The van der Waals surface area contributed by atoms with E-state index in [9.17, 15) is 4.79 Å². The molecule has 8 heteroatoms. The number of amides is 1.